The number of anilines is 1. The van der Waals surface area contributed by atoms with Crippen LogP contribution in [0.25, 0.3) is 0 Å². The fourth-order valence-electron chi connectivity index (χ4n) is 1.01. The van der Waals surface area contributed by atoms with Crippen LogP contribution in [-0.2, 0) is 0 Å². The van der Waals surface area contributed by atoms with E-state index in [1.165, 1.54) is 4.31 Å². The Morgan fingerprint density at radius 3 is 2.70 bits per heavy atom. The molecule has 0 saturated carbocycles. The molecule has 10 heavy (non-hydrogen) atoms. The molecular formula is C7H5NOS. The first kappa shape index (κ1) is 5.80. The van der Waals surface area contributed by atoms with Crippen molar-refractivity contribution in [2.75, 3.05) is 4.31 Å². The minimum absolute atomic E-state index is 0.0149. The molecule has 50 valence electrons. The van der Waals surface area contributed by atoms with E-state index < -0.39 is 0 Å². The Hall–Kier alpha value is -0.960. The van der Waals surface area contributed by atoms with Crippen molar-refractivity contribution in [3.63, 3.8) is 0 Å². The highest BCUT2D eigenvalue weighted by atomic mass is 32.1. The van der Waals surface area contributed by atoms with Crippen LogP contribution in [-0.4, -0.2) is 5.91 Å². The van der Waals surface area contributed by atoms with Gasteiger partial charge in [0, 0.05) is 0 Å². The van der Waals surface area contributed by atoms with Crippen molar-refractivity contribution < 1.29 is 4.79 Å². The van der Waals surface area contributed by atoms with E-state index in [1.54, 1.807) is 6.07 Å². The molecule has 0 unspecified atom stereocenters. The number of rotatable bonds is 0. The number of amides is 1. The van der Waals surface area contributed by atoms with Gasteiger partial charge in [-0.3, -0.25) is 9.10 Å². The number of nitrogens with zero attached hydrogens (tertiary/aromatic N) is 1. The average molecular weight is 151 g/mol. The van der Waals surface area contributed by atoms with Crippen LogP contribution in [0.4, 0.5) is 5.69 Å². The number of hydrogen-bond donors (Lipinski definition) is 1. The molecule has 0 saturated heterocycles. The Labute approximate surface area is 64.0 Å². The summed E-state index contributed by atoms with van der Waals surface area (Å²) in [5.41, 5.74) is 1.66. The zero-order valence-corrected chi connectivity index (χ0v) is 6.01. The third-order valence-electron chi connectivity index (χ3n) is 1.56. The van der Waals surface area contributed by atoms with E-state index in [9.17, 15) is 4.79 Å². The standard InChI is InChI=1S/C7H5NOS/c9-7-5-3-1-2-4-6(5)8(7)10/h1-4,10H. The maximum atomic E-state index is 10.9. The predicted octanol–water partition coefficient (Wildman–Crippen LogP) is 1.49. The lowest BCUT2D eigenvalue weighted by Gasteiger charge is -2.27. The lowest BCUT2D eigenvalue weighted by molar-refractivity contribution is 0.0991. The molecule has 0 N–H and O–H groups in total. The molecule has 1 aromatic rings. The first-order chi connectivity index (χ1) is 4.80. The smallest absolute Gasteiger partial charge is 0.268 e. The molecular weight excluding hydrogens is 146 g/mol. The molecule has 0 atom stereocenters. The highest BCUT2D eigenvalue weighted by molar-refractivity contribution is 7.83. The fourth-order valence-corrected chi connectivity index (χ4v) is 1.29. The van der Waals surface area contributed by atoms with Crippen molar-refractivity contribution in [1.29, 1.82) is 0 Å². The molecule has 1 aromatic carbocycles. The molecule has 0 radical (unpaired) electrons. The summed E-state index contributed by atoms with van der Waals surface area (Å²) in [6.45, 7) is 0. The number of thiol groups is 1. The van der Waals surface area contributed by atoms with Gasteiger partial charge in [0.25, 0.3) is 5.91 Å². The van der Waals surface area contributed by atoms with Gasteiger partial charge in [-0.15, -0.1) is 0 Å². The molecule has 3 heteroatoms. The molecule has 0 fully saturated rings. The van der Waals surface area contributed by atoms with Crippen LogP contribution >= 0.6 is 12.8 Å². The van der Waals surface area contributed by atoms with Gasteiger partial charge in [-0.1, -0.05) is 24.9 Å². The van der Waals surface area contributed by atoms with Gasteiger partial charge in [-0.05, 0) is 12.1 Å². The van der Waals surface area contributed by atoms with E-state index in [-0.39, 0.29) is 5.91 Å². The summed E-state index contributed by atoms with van der Waals surface area (Å²) in [6.07, 6.45) is 0. The maximum Gasteiger partial charge on any atom is 0.270 e. The van der Waals surface area contributed by atoms with E-state index in [0.29, 0.717) is 0 Å². The van der Waals surface area contributed by atoms with Crippen molar-refractivity contribution in [1.82, 2.24) is 0 Å². The number of fused-ring (bicyclic) bond motifs is 1. The Bertz CT molecular complexity index is 297. The van der Waals surface area contributed by atoms with E-state index in [4.69, 9.17) is 0 Å². The predicted molar refractivity (Wildman–Crippen MR) is 42.2 cm³/mol. The summed E-state index contributed by atoms with van der Waals surface area (Å²) < 4.78 is 1.34. The lowest BCUT2D eigenvalue weighted by atomic mass is 10.1. The largest absolute Gasteiger partial charge is 0.270 e. The van der Waals surface area contributed by atoms with Gasteiger partial charge in [0.05, 0.1) is 11.3 Å². The van der Waals surface area contributed by atoms with E-state index in [2.05, 4.69) is 12.8 Å². The van der Waals surface area contributed by atoms with Crippen LogP contribution in [0.3, 0.4) is 0 Å². The summed E-state index contributed by atoms with van der Waals surface area (Å²) in [5.74, 6) is -0.0149. The van der Waals surface area contributed by atoms with E-state index in [0.717, 1.165) is 11.3 Å². The highest BCUT2D eigenvalue weighted by Gasteiger charge is 2.29. The molecule has 1 aliphatic heterocycles. The van der Waals surface area contributed by atoms with Crippen LogP contribution in [0.1, 0.15) is 10.4 Å². The summed E-state index contributed by atoms with van der Waals surface area (Å²) in [5, 5.41) is 0. The molecule has 2 nitrogen and oxygen atoms in total. The van der Waals surface area contributed by atoms with Crippen LogP contribution < -0.4 is 4.31 Å². The molecule has 1 heterocycles. The van der Waals surface area contributed by atoms with E-state index >= 15 is 0 Å². The molecule has 1 amide bonds. The molecule has 0 bridgehead atoms. The zero-order chi connectivity index (χ0) is 7.14. The molecule has 0 aliphatic carbocycles. The van der Waals surface area contributed by atoms with Crippen LogP contribution in [0.2, 0.25) is 0 Å². The second-order valence-electron chi connectivity index (χ2n) is 2.13. The van der Waals surface area contributed by atoms with Crippen molar-refractivity contribution in [2.45, 2.75) is 0 Å². The minimum Gasteiger partial charge on any atom is -0.268 e. The Kier molecular flexibility index (Phi) is 1.02. The summed E-state index contributed by atoms with van der Waals surface area (Å²) in [6, 6.07) is 7.39. The zero-order valence-electron chi connectivity index (χ0n) is 5.11. The van der Waals surface area contributed by atoms with Gasteiger partial charge in [0.1, 0.15) is 0 Å². The summed E-state index contributed by atoms with van der Waals surface area (Å²) >= 11 is 3.94. The first-order valence-corrected chi connectivity index (χ1v) is 3.33. The second kappa shape index (κ2) is 1.76. The van der Waals surface area contributed by atoms with Crippen LogP contribution in [0.15, 0.2) is 24.3 Å². The maximum absolute atomic E-state index is 10.9. The molecule has 0 spiro atoms. The van der Waals surface area contributed by atoms with Gasteiger partial charge < -0.3 is 0 Å². The third-order valence-corrected chi connectivity index (χ3v) is 1.95. The number of hydrogen-bond acceptors (Lipinski definition) is 2. The monoisotopic (exact) mass is 151 g/mol. The van der Waals surface area contributed by atoms with E-state index in [1.807, 2.05) is 18.2 Å². The number of carbonyl (C=O) groups excluding carboxylic acids is 1. The Morgan fingerprint density at radius 1 is 1.30 bits per heavy atom. The first-order valence-electron chi connectivity index (χ1n) is 2.93. The average Bonchev–Trinajstić information content (AvgIpc) is 2.03. The van der Waals surface area contributed by atoms with Crippen molar-refractivity contribution in [2.24, 2.45) is 0 Å². The minimum atomic E-state index is -0.0149. The molecule has 2 rings (SSSR count). The van der Waals surface area contributed by atoms with Gasteiger partial charge in [0.15, 0.2) is 0 Å². The topological polar surface area (TPSA) is 20.3 Å². The summed E-state index contributed by atoms with van der Waals surface area (Å²) in [4.78, 5) is 10.9. The van der Waals surface area contributed by atoms with Crippen LogP contribution in [0.5, 0.6) is 0 Å². The lowest BCUT2D eigenvalue weighted by Crippen LogP contribution is -2.32. The van der Waals surface area contributed by atoms with Crippen molar-refractivity contribution in [3.8, 4) is 0 Å². The number of para-hydroxylation sites is 1. The molecule has 0 aromatic heterocycles. The Balaban J connectivity index is 2.60. The van der Waals surface area contributed by atoms with Crippen LogP contribution in [0, 0.1) is 0 Å². The SMILES string of the molecule is O=C1c2ccccc2N1S. The van der Waals surface area contributed by atoms with Gasteiger partial charge in [-0.2, -0.15) is 0 Å². The van der Waals surface area contributed by atoms with Crippen molar-refractivity contribution in [3.05, 3.63) is 29.8 Å². The third kappa shape index (κ3) is 0.529. The summed E-state index contributed by atoms with van der Waals surface area (Å²) in [7, 11) is 0. The fraction of sp³-hybridized carbons (Fsp3) is 0. The second-order valence-corrected chi connectivity index (χ2v) is 2.53. The van der Waals surface area contributed by atoms with Crippen molar-refractivity contribution >= 4 is 24.4 Å². The number of benzene rings is 1. The number of carbonyl (C=O) groups is 1. The Morgan fingerprint density at radius 2 is 2.00 bits per heavy atom. The van der Waals surface area contributed by atoms with Gasteiger partial charge in [0.2, 0.25) is 0 Å². The quantitative estimate of drug-likeness (QED) is 0.557. The van der Waals surface area contributed by atoms with Gasteiger partial charge in [-0.25, -0.2) is 0 Å². The highest BCUT2D eigenvalue weighted by Crippen LogP contribution is 2.33. The normalized spacial score (nSPS) is 14.5. The van der Waals surface area contributed by atoms with Gasteiger partial charge >= 0.3 is 0 Å². The molecule has 1 aliphatic rings.